The van der Waals surface area contributed by atoms with Gasteiger partial charge in [-0.1, -0.05) is 0 Å². The predicted molar refractivity (Wildman–Crippen MR) is 56.3 cm³/mol. The van der Waals surface area contributed by atoms with Crippen LogP contribution in [-0.2, 0) is 10.2 Å². The highest BCUT2D eigenvalue weighted by Crippen LogP contribution is 2.10. The lowest BCUT2D eigenvalue weighted by molar-refractivity contribution is 0.405. The molecule has 0 aliphatic carbocycles. The Hall–Kier alpha value is -0.170. The van der Waals surface area contributed by atoms with Crippen LogP contribution >= 0.6 is 0 Å². The number of likely N-dealkylation sites (N-methyl/N-ethyl adjacent to an activating group) is 1. The van der Waals surface area contributed by atoms with Gasteiger partial charge in [0, 0.05) is 26.2 Å². The summed E-state index contributed by atoms with van der Waals surface area (Å²) in [5.41, 5.74) is 0. The lowest BCUT2D eigenvalue weighted by atomic mass is 10.4. The van der Waals surface area contributed by atoms with Gasteiger partial charge in [0.1, 0.15) is 0 Å². The van der Waals surface area contributed by atoms with Crippen molar-refractivity contribution in [1.82, 2.24) is 13.9 Å². The minimum atomic E-state index is -3.20. The summed E-state index contributed by atoms with van der Waals surface area (Å²) < 4.78 is 27.3. The summed E-state index contributed by atoms with van der Waals surface area (Å²) in [5.74, 6) is 0. The highest BCUT2D eigenvalue weighted by molar-refractivity contribution is 7.87. The summed E-state index contributed by atoms with van der Waals surface area (Å²) >= 11 is 0. The maximum Gasteiger partial charge on any atom is 0.279 e. The molecule has 1 fully saturated rings. The molecule has 0 aromatic heterocycles. The van der Waals surface area contributed by atoms with Crippen molar-refractivity contribution in [2.24, 2.45) is 0 Å². The first-order chi connectivity index (χ1) is 6.52. The summed E-state index contributed by atoms with van der Waals surface area (Å²) in [5, 5.41) is 0. The lowest BCUT2D eigenvalue weighted by Gasteiger charge is -2.17. The number of nitrogens with one attached hydrogen (secondary N) is 1. The molecule has 6 heteroatoms. The van der Waals surface area contributed by atoms with Crippen LogP contribution < -0.4 is 4.72 Å². The van der Waals surface area contributed by atoms with Gasteiger partial charge in [0.05, 0.1) is 0 Å². The molecule has 5 nitrogen and oxygen atoms in total. The number of nitrogens with zero attached hydrogens (tertiary/aromatic N) is 2. The van der Waals surface area contributed by atoms with Gasteiger partial charge in [0.15, 0.2) is 0 Å². The van der Waals surface area contributed by atoms with Gasteiger partial charge in [-0.15, -0.1) is 0 Å². The van der Waals surface area contributed by atoms with Gasteiger partial charge in [-0.2, -0.15) is 12.7 Å². The van der Waals surface area contributed by atoms with Gasteiger partial charge in [-0.3, -0.25) is 0 Å². The summed E-state index contributed by atoms with van der Waals surface area (Å²) in [6, 6.07) is 0. The van der Waals surface area contributed by atoms with Crippen molar-refractivity contribution in [1.29, 1.82) is 0 Å². The van der Waals surface area contributed by atoms with Crippen molar-refractivity contribution in [2.75, 3.05) is 40.3 Å². The fraction of sp³-hybridized carbons (Fsp3) is 1.00. The first kappa shape index (κ1) is 11.9. The van der Waals surface area contributed by atoms with Gasteiger partial charge < -0.3 is 4.90 Å². The van der Waals surface area contributed by atoms with E-state index < -0.39 is 10.2 Å². The third-order valence-electron chi connectivity index (χ3n) is 2.25. The standard InChI is InChI=1S/C8H19N3O2S/c1-10(2)8-5-9-14(12,13)11-6-3-4-7-11/h9H,3-8H2,1-2H3. The van der Waals surface area contributed by atoms with E-state index in [-0.39, 0.29) is 0 Å². The summed E-state index contributed by atoms with van der Waals surface area (Å²) in [7, 11) is 0.643. The van der Waals surface area contributed by atoms with Crippen LogP contribution in [0.5, 0.6) is 0 Å². The van der Waals surface area contributed by atoms with Crippen molar-refractivity contribution in [3.8, 4) is 0 Å². The van der Waals surface area contributed by atoms with Crippen molar-refractivity contribution in [2.45, 2.75) is 12.8 Å². The molecule has 0 spiro atoms. The van der Waals surface area contributed by atoms with Crippen LogP contribution in [0.3, 0.4) is 0 Å². The van der Waals surface area contributed by atoms with Crippen LogP contribution in [0.1, 0.15) is 12.8 Å². The Kier molecular flexibility index (Phi) is 4.31. The van der Waals surface area contributed by atoms with E-state index in [1.807, 2.05) is 19.0 Å². The first-order valence-corrected chi connectivity index (χ1v) is 6.36. The Morgan fingerprint density at radius 2 is 1.86 bits per heavy atom. The zero-order chi connectivity index (χ0) is 10.6. The Labute approximate surface area is 86.3 Å². The minimum Gasteiger partial charge on any atom is -0.308 e. The molecule has 0 atom stereocenters. The normalized spacial score (nSPS) is 19.4. The molecule has 0 saturated carbocycles. The van der Waals surface area contributed by atoms with Crippen LogP contribution in [0.25, 0.3) is 0 Å². The van der Waals surface area contributed by atoms with Gasteiger partial charge in [0.2, 0.25) is 0 Å². The third-order valence-corrected chi connectivity index (χ3v) is 3.86. The molecule has 1 N–H and O–H groups in total. The van der Waals surface area contributed by atoms with Crippen LogP contribution in [0.15, 0.2) is 0 Å². The van der Waals surface area contributed by atoms with E-state index in [9.17, 15) is 8.42 Å². The highest BCUT2D eigenvalue weighted by Gasteiger charge is 2.24. The Bertz CT molecular complexity index is 258. The molecule has 1 heterocycles. The molecule has 14 heavy (non-hydrogen) atoms. The molecule has 1 aliphatic rings. The molecule has 0 radical (unpaired) electrons. The molecule has 0 bridgehead atoms. The van der Waals surface area contributed by atoms with E-state index >= 15 is 0 Å². The van der Waals surface area contributed by atoms with Crippen LogP contribution in [0, 0.1) is 0 Å². The number of hydrogen-bond acceptors (Lipinski definition) is 3. The quantitative estimate of drug-likeness (QED) is 0.679. The van der Waals surface area contributed by atoms with Crippen LogP contribution in [0.4, 0.5) is 0 Å². The van der Waals surface area contributed by atoms with Crippen LogP contribution in [-0.4, -0.2) is 57.9 Å². The zero-order valence-corrected chi connectivity index (χ0v) is 9.68. The van der Waals surface area contributed by atoms with Gasteiger partial charge in [0.25, 0.3) is 10.2 Å². The summed E-state index contributed by atoms with van der Waals surface area (Å²) in [6.45, 7) is 2.54. The van der Waals surface area contributed by atoms with Crippen LogP contribution in [0.2, 0.25) is 0 Å². The van der Waals surface area contributed by atoms with E-state index in [2.05, 4.69) is 4.72 Å². The number of hydrogen-bond donors (Lipinski definition) is 1. The average molecular weight is 221 g/mol. The average Bonchev–Trinajstić information content (AvgIpc) is 2.54. The second kappa shape index (κ2) is 5.06. The van der Waals surface area contributed by atoms with E-state index in [0.29, 0.717) is 19.6 Å². The largest absolute Gasteiger partial charge is 0.308 e. The molecule has 0 amide bonds. The van der Waals surface area contributed by atoms with Gasteiger partial charge in [-0.05, 0) is 26.9 Å². The van der Waals surface area contributed by atoms with Crippen molar-refractivity contribution in [3.63, 3.8) is 0 Å². The van der Waals surface area contributed by atoms with E-state index in [0.717, 1.165) is 19.4 Å². The molecule has 1 saturated heterocycles. The first-order valence-electron chi connectivity index (χ1n) is 4.92. The summed E-state index contributed by atoms with van der Waals surface area (Å²) in [4.78, 5) is 1.95. The summed E-state index contributed by atoms with van der Waals surface area (Å²) in [6.07, 6.45) is 1.96. The monoisotopic (exact) mass is 221 g/mol. The fourth-order valence-electron chi connectivity index (χ4n) is 1.42. The maximum absolute atomic E-state index is 11.6. The van der Waals surface area contributed by atoms with Gasteiger partial charge >= 0.3 is 0 Å². The van der Waals surface area contributed by atoms with Gasteiger partial charge in [-0.25, -0.2) is 4.72 Å². The maximum atomic E-state index is 11.6. The molecule has 1 aliphatic heterocycles. The second-order valence-corrected chi connectivity index (χ2v) is 5.56. The lowest BCUT2D eigenvalue weighted by Crippen LogP contribution is -2.41. The van der Waals surface area contributed by atoms with E-state index in [1.165, 1.54) is 4.31 Å². The Morgan fingerprint density at radius 1 is 1.29 bits per heavy atom. The fourth-order valence-corrected chi connectivity index (χ4v) is 2.69. The van der Waals surface area contributed by atoms with E-state index in [4.69, 9.17) is 0 Å². The van der Waals surface area contributed by atoms with Crippen molar-refractivity contribution in [3.05, 3.63) is 0 Å². The molecular weight excluding hydrogens is 202 g/mol. The minimum absolute atomic E-state index is 0.478. The molecular formula is C8H19N3O2S. The molecule has 0 aromatic carbocycles. The van der Waals surface area contributed by atoms with Crippen molar-refractivity contribution >= 4 is 10.2 Å². The molecule has 0 aromatic rings. The predicted octanol–water partition coefficient (Wildman–Crippen LogP) is -0.522. The zero-order valence-electron chi connectivity index (χ0n) is 8.86. The smallest absolute Gasteiger partial charge is 0.279 e. The highest BCUT2D eigenvalue weighted by atomic mass is 32.2. The second-order valence-electron chi connectivity index (χ2n) is 3.81. The Balaban J connectivity index is 2.34. The number of rotatable bonds is 5. The molecule has 84 valence electrons. The Morgan fingerprint density at radius 3 is 2.36 bits per heavy atom. The third kappa shape index (κ3) is 3.53. The van der Waals surface area contributed by atoms with Crippen molar-refractivity contribution < 1.29 is 8.42 Å². The van der Waals surface area contributed by atoms with E-state index in [1.54, 1.807) is 0 Å². The molecule has 0 unspecified atom stereocenters. The molecule has 1 rings (SSSR count). The topological polar surface area (TPSA) is 52.7 Å². The SMILES string of the molecule is CN(C)CCNS(=O)(=O)N1CCCC1.